The van der Waals surface area contributed by atoms with Crippen molar-refractivity contribution in [2.45, 2.75) is 33.1 Å². The molecule has 0 saturated heterocycles. The predicted octanol–water partition coefficient (Wildman–Crippen LogP) is 18.2. The first-order valence-corrected chi connectivity index (χ1v) is 26.0. The van der Waals surface area contributed by atoms with Crippen molar-refractivity contribution in [3.63, 3.8) is 0 Å². The Morgan fingerprint density at radius 3 is 0.988 bits per heavy atom. The summed E-state index contributed by atoms with van der Waals surface area (Å²) in [4.78, 5) is 54.3. The number of alkyl halides is 6. The second-order valence-electron chi connectivity index (χ2n) is 19.2. The van der Waals surface area contributed by atoms with Gasteiger partial charge in [-0.25, -0.2) is 24.0 Å². The summed E-state index contributed by atoms with van der Waals surface area (Å²) in [5, 5.41) is 44.5. The molecule has 0 aromatic heterocycles. The third kappa shape index (κ3) is 18.8. The van der Waals surface area contributed by atoms with Gasteiger partial charge in [0.2, 0.25) is 0 Å². The molecule has 0 radical (unpaired) electrons. The normalized spacial score (nSPS) is 10.6. The third-order valence-corrected chi connectivity index (χ3v) is 12.7. The number of hydrogen-bond donors (Lipinski definition) is 5. The highest BCUT2D eigenvalue weighted by molar-refractivity contribution is 5.92. The molecule has 10 aromatic rings. The van der Waals surface area contributed by atoms with Crippen LogP contribution in [0.2, 0.25) is 0 Å². The van der Waals surface area contributed by atoms with E-state index in [-0.39, 0.29) is 27.8 Å². The molecule has 0 spiro atoms. The Balaban J connectivity index is 0.000000172. The number of halogens is 6. The van der Waals surface area contributed by atoms with Gasteiger partial charge < -0.3 is 25.5 Å². The Kier molecular flexibility index (Phi) is 22.0. The fraction of sp³-hybridized carbons (Fsp3) is 0.0714. The molecule has 0 aliphatic rings. The van der Waals surface area contributed by atoms with E-state index in [1.54, 1.807) is 84.9 Å². The molecule has 10 nitrogen and oxygen atoms in total. The molecule has 5 N–H and O–H groups in total. The summed E-state index contributed by atoms with van der Waals surface area (Å²) in [6.07, 6.45) is -9.05. The van der Waals surface area contributed by atoms with Gasteiger partial charge in [-0.3, -0.25) is 0 Å². The summed E-state index contributed by atoms with van der Waals surface area (Å²) in [7, 11) is 0. The lowest BCUT2D eigenvalue weighted by molar-refractivity contribution is -0.138. The van der Waals surface area contributed by atoms with E-state index in [0.717, 1.165) is 45.5 Å². The van der Waals surface area contributed by atoms with E-state index in [9.17, 15) is 50.3 Å². The zero-order valence-electron chi connectivity index (χ0n) is 46.1. The summed E-state index contributed by atoms with van der Waals surface area (Å²) in [5.41, 5.74) is 9.21. The van der Waals surface area contributed by atoms with Crippen LogP contribution in [-0.2, 0) is 12.4 Å². The van der Waals surface area contributed by atoms with Gasteiger partial charge in [-0.05, 0) is 149 Å². The van der Waals surface area contributed by atoms with E-state index in [1.165, 1.54) is 65.2 Å². The average molecular weight is 1170 g/mol. The predicted molar refractivity (Wildman–Crippen MR) is 318 cm³/mol. The van der Waals surface area contributed by atoms with E-state index in [1.807, 2.05) is 112 Å². The van der Waals surface area contributed by atoms with Crippen molar-refractivity contribution in [2.75, 3.05) is 0 Å². The van der Waals surface area contributed by atoms with Crippen LogP contribution in [0.15, 0.2) is 243 Å². The number of aryl methyl sites for hydroxylation is 3. The van der Waals surface area contributed by atoms with Gasteiger partial charge in [0.05, 0.1) is 38.9 Å². The fourth-order valence-corrected chi connectivity index (χ4v) is 8.33. The molecule has 0 heterocycles. The molecular weight excluding hydrogens is 1110 g/mol. The van der Waals surface area contributed by atoms with E-state index in [4.69, 9.17) is 25.5 Å². The minimum absolute atomic E-state index is 0.0295. The van der Waals surface area contributed by atoms with E-state index >= 15 is 0 Å². The lowest BCUT2D eigenvalue weighted by Crippen LogP contribution is -2.08. The number of benzene rings is 10. The highest BCUT2D eigenvalue weighted by atomic mass is 19.4. The van der Waals surface area contributed by atoms with Crippen LogP contribution in [0.25, 0.3) is 55.6 Å². The van der Waals surface area contributed by atoms with E-state index in [2.05, 4.69) is 0 Å². The quantitative estimate of drug-likeness (QED) is 0.0825. The number of carbonyl (C=O) groups is 5. The summed E-state index contributed by atoms with van der Waals surface area (Å²) in [5.74, 6) is -5.24. The summed E-state index contributed by atoms with van der Waals surface area (Å²) in [6.45, 7) is 6.07. The van der Waals surface area contributed by atoms with Crippen LogP contribution in [0.1, 0.15) is 79.6 Å². The Morgan fingerprint density at radius 1 is 0.267 bits per heavy atom. The lowest BCUT2D eigenvalue weighted by atomic mass is 9.98. The second-order valence-corrected chi connectivity index (χ2v) is 19.2. The Hall–Kier alpha value is -10.9. The molecule has 0 atom stereocenters. The van der Waals surface area contributed by atoms with E-state index in [0.29, 0.717) is 28.3 Å². The maximum absolute atomic E-state index is 12.9. The number of hydrogen-bond acceptors (Lipinski definition) is 5. The standard InChI is InChI=1S/2C14H9F3O2.3C14H12O2/c15-14(16,17)12-7-2-1-6-11(12)9-4-3-5-10(8-9)13(18)19;15-14(16,17)12-7-10(6-11(8-12)13(18)19)9-4-2-1-3-5-9;1-10-4-2-5-11(8-10)12-6-3-7-13(9-12)14(15)16;2*1-10-5-7-11(8-6-10)12-3-2-4-13(9-12)14(15)16/h2*1-8H,(H,18,19);3*2-9H,1H3,(H,15,16). The molecule has 0 bridgehead atoms. The van der Waals surface area contributed by atoms with Gasteiger partial charge >= 0.3 is 42.2 Å². The molecule has 0 fully saturated rings. The van der Waals surface area contributed by atoms with Crippen LogP contribution >= 0.6 is 0 Å². The first-order chi connectivity index (χ1) is 40.8. The SMILES string of the molecule is Cc1ccc(-c2cccc(C(=O)O)c2)cc1.Cc1ccc(-c2cccc(C(=O)O)c2)cc1.Cc1cccc(-c2cccc(C(=O)O)c2)c1.O=C(O)c1cc(-c2ccccc2)cc(C(F)(F)F)c1.O=C(O)c1cccc(-c2ccccc2C(F)(F)F)c1. The van der Waals surface area contributed by atoms with Crippen LogP contribution in [0.5, 0.6) is 0 Å². The smallest absolute Gasteiger partial charge is 0.417 e. The zero-order valence-corrected chi connectivity index (χ0v) is 46.1. The largest absolute Gasteiger partial charge is 0.478 e. The summed E-state index contributed by atoms with van der Waals surface area (Å²) in [6, 6.07) is 66.6. The van der Waals surface area contributed by atoms with Gasteiger partial charge in [0.15, 0.2) is 0 Å². The van der Waals surface area contributed by atoms with Crippen LogP contribution in [0.4, 0.5) is 26.3 Å². The van der Waals surface area contributed by atoms with Crippen molar-refractivity contribution in [3.05, 3.63) is 298 Å². The van der Waals surface area contributed by atoms with Crippen molar-refractivity contribution in [1.82, 2.24) is 0 Å². The van der Waals surface area contributed by atoms with Gasteiger partial charge in [-0.15, -0.1) is 0 Å². The van der Waals surface area contributed by atoms with Crippen molar-refractivity contribution in [1.29, 1.82) is 0 Å². The molecule has 0 amide bonds. The summed E-state index contributed by atoms with van der Waals surface area (Å²) < 4.78 is 76.8. The number of rotatable bonds is 10. The molecule has 86 heavy (non-hydrogen) atoms. The highest BCUT2D eigenvalue weighted by Crippen LogP contribution is 2.38. The fourth-order valence-electron chi connectivity index (χ4n) is 8.33. The van der Waals surface area contributed by atoms with Crippen molar-refractivity contribution in [2.24, 2.45) is 0 Å². The molecule has 0 aliphatic carbocycles. The van der Waals surface area contributed by atoms with Gasteiger partial charge in [-0.2, -0.15) is 26.3 Å². The highest BCUT2D eigenvalue weighted by Gasteiger charge is 2.34. The molecule has 16 heteroatoms. The van der Waals surface area contributed by atoms with Crippen LogP contribution in [0.3, 0.4) is 0 Å². The number of carboxylic acid groups (broad SMARTS) is 5. The molecule has 10 rings (SSSR count). The van der Waals surface area contributed by atoms with Crippen LogP contribution in [0, 0.1) is 20.8 Å². The van der Waals surface area contributed by atoms with Gasteiger partial charge in [0.25, 0.3) is 0 Å². The van der Waals surface area contributed by atoms with E-state index < -0.39 is 53.3 Å². The average Bonchev–Trinajstić information content (AvgIpc) is 2.05. The molecule has 0 aliphatic heterocycles. The lowest BCUT2D eigenvalue weighted by Gasteiger charge is -2.13. The molecule has 436 valence electrons. The molecule has 0 saturated carbocycles. The Bertz CT molecular complexity index is 3890. The van der Waals surface area contributed by atoms with Gasteiger partial charge in [-0.1, -0.05) is 187 Å². The minimum atomic E-state index is -4.57. The third-order valence-electron chi connectivity index (χ3n) is 12.7. The van der Waals surface area contributed by atoms with Crippen LogP contribution in [-0.4, -0.2) is 55.4 Å². The maximum atomic E-state index is 12.9. The minimum Gasteiger partial charge on any atom is -0.478 e. The Morgan fingerprint density at radius 2 is 0.593 bits per heavy atom. The zero-order chi connectivity index (χ0) is 62.7. The second kappa shape index (κ2) is 29.4. The first-order valence-electron chi connectivity index (χ1n) is 26.0. The van der Waals surface area contributed by atoms with Gasteiger partial charge in [0, 0.05) is 0 Å². The first kappa shape index (κ1) is 64.3. The van der Waals surface area contributed by atoms with Crippen molar-refractivity contribution in [3.8, 4) is 55.6 Å². The number of aromatic carboxylic acids is 5. The molecule has 10 aromatic carbocycles. The maximum Gasteiger partial charge on any atom is 0.417 e. The summed E-state index contributed by atoms with van der Waals surface area (Å²) >= 11 is 0. The van der Waals surface area contributed by atoms with Crippen molar-refractivity contribution >= 4 is 29.8 Å². The van der Waals surface area contributed by atoms with Crippen molar-refractivity contribution < 1.29 is 75.8 Å². The van der Waals surface area contributed by atoms with Crippen LogP contribution < -0.4 is 0 Å². The number of carboxylic acids is 5. The van der Waals surface area contributed by atoms with Gasteiger partial charge in [0.1, 0.15) is 0 Å². The monoisotopic (exact) mass is 1170 g/mol. The molecular formula is C70H54F6O10. The Labute approximate surface area is 490 Å². The topological polar surface area (TPSA) is 186 Å². The molecule has 0 unspecified atom stereocenters.